The highest BCUT2D eigenvalue weighted by atomic mass is 16.3. The molecule has 46 valence electrons. The minimum absolute atomic E-state index is 0.326. The lowest BCUT2D eigenvalue weighted by Gasteiger charge is -2.06. The van der Waals surface area contributed by atoms with E-state index in [2.05, 4.69) is 5.32 Å². The molecule has 0 spiro atoms. The number of hydrogen-bond donors (Lipinski definition) is 2. The van der Waals surface area contributed by atoms with Crippen molar-refractivity contribution in [2.24, 2.45) is 5.92 Å². The van der Waals surface area contributed by atoms with E-state index >= 15 is 0 Å². The van der Waals surface area contributed by atoms with E-state index in [1.807, 2.05) is 0 Å². The van der Waals surface area contributed by atoms with Gasteiger partial charge in [-0.3, -0.25) is 0 Å². The van der Waals surface area contributed by atoms with Gasteiger partial charge in [-0.25, -0.2) is 0 Å². The van der Waals surface area contributed by atoms with Gasteiger partial charge >= 0.3 is 0 Å². The van der Waals surface area contributed by atoms with Crippen LogP contribution in [0.5, 0.6) is 0 Å². The van der Waals surface area contributed by atoms with E-state index in [9.17, 15) is 0 Å². The quantitative estimate of drug-likeness (QED) is 0.490. The van der Waals surface area contributed by atoms with Gasteiger partial charge in [-0.1, -0.05) is 0 Å². The van der Waals surface area contributed by atoms with Crippen LogP contribution in [0.2, 0.25) is 0 Å². The maximum atomic E-state index is 8.64. The molecule has 1 saturated heterocycles. The SMILES string of the molecule is OC[C@H]1CC2CC2N1. The van der Waals surface area contributed by atoms with Crippen LogP contribution in [0, 0.1) is 5.92 Å². The van der Waals surface area contributed by atoms with Crippen molar-refractivity contribution in [1.82, 2.24) is 5.32 Å². The van der Waals surface area contributed by atoms with Gasteiger partial charge in [0.1, 0.15) is 0 Å². The first-order valence-corrected chi connectivity index (χ1v) is 3.27. The summed E-state index contributed by atoms with van der Waals surface area (Å²) in [5.41, 5.74) is 0. The van der Waals surface area contributed by atoms with Crippen LogP contribution in [-0.2, 0) is 0 Å². The summed E-state index contributed by atoms with van der Waals surface area (Å²) in [4.78, 5) is 0. The zero-order valence-electron chi connectivity index (χ0n) is 4.80. The van der Waals surface area contributed by atoms with Gasteiger partial charge in [0.15, 0.2) is 0 Å². The molecule has 0 aromatic rings. The predicted molar refractivity (Wildman–Crippen MR) is 30.5 cm³/mol. The summed E-state index contributed by atoms with van der Waals surface area (Å²) in [7, 11) is 0. The molecule has 2 unspecified atom stereocenters. The third-order valence-electron chi connectivity index (χ3n) is 2.18. The summed E-state index contributed by atoms with van der Waals surface area (Å²) in [6, 6.07) is 1.21. The minimum Gasteiger partial charge on any atom is -0.395 e. The van der Waals surface area contributed by atoms with Crippen molar-refractivity contribution in [3.63, 3.8) is 0 Å². The van der Waals surface area contributed by atoms with Gasteiger partial charge in [-0.05, 0) is 18.8 Å². The molecule has 0 bridgehead atoms. The van der Waals surface area contributed by atoms with Crippen LogP contribution in [0.15, 0.2) is 0 Å². The van der Waals surface area contributed by atoms with Gasteiger partial charge in [-0.2, -0.15) is 0 Å². The molecule has 2 fully saturated rings. The summed E-state index contributed by atoms with van der Waals surface area (Å²) < 4.78 is 0. The van der Waals surface area contributed by atoms with Crippen LogP contribution in [0.25, 0.3) is 0 Å². The molecule has 0 aromatic carbocycles. The van der Waals surface area contributed by atoms with Gasteiger partial charge < -0.3 is 10.4 Å². The number of fused-ring (bicyclic) bond motifs is 1. The average Bonchev–Trinajstić information content (AvgIpc) is 2.40. The van der Waals surface area contributed by atoms with E-state index < -0.39 is 0 Å². The van der Waals surface area contributed by atoms with Gasteiger partial charge in [0.05, 0.1) is 6.61 Å². The van der Waals surface area contributed by atoms with Crippen molar-refractivity contribution >= 4 is 0 Å². The summed E-state index contributed by atoms with van der Waals surface area (Å²) >= 11 is 0. The molecule has 1 heterocycles. The highest BCUT2D eigenvalue weighted by Gasteiger charge is 2.45. The van der Waals surface area contributed by atoms with Crippen LogP contribution in [-0.4, -0.2) is 23.8 Å². The zero-order chi connectivity index (χ0) is 5.56. The molecule has 0 aromatic heterocycles. The molecule has 2 N–H and O–H groups in total. The van der Waals surface area contributed by atoms with Crippen molar-refractivity contribution in [3.05, 3.63) is 0 Å². The summed E-state index contributed by atoms with van der Waals surface area (Å²) in [6.45, 7) is 0.326. The Morgan fingerprint density at radius 1 is 1.50 bits per heavy atom. The monoisotopic (exact) mass is 113 g/mol. The maximum absolute atomic E-state index is 8.64. The van der Waals surface area contributed by atoms with Gasteiger partial charge in [0.25, 0.3) is 0 Å². The van der Waals surface area contributed by atoms with Crippen molar-refractivity contribution in [2.75, 3.05) is 6.61 Å². The highest BCUT2D eigenvalue weighted by molar-refractivity contribution is 5.02. The summed E-state index contributed by atoms with van der Waals surface area (Å²) in [6.07, 6.45) is 2.57. The minimum atomic E-state index is 0.326. The second kappa shape index (κ2) is 1.45. The van der Waals surface area contributed by atoms with Crippen molar-refractivity contribution < 1.29 is 5.11 Å². The van der Waals surface area contributed by atoms with E-state index in [0.717, 1.165) is 12.0 Å². The third kappa shape index (κ3) is 0.565. The summed E-state index contributed by atoms with van der Waals surface area (Å²) in [5.74, 6) is 0.923. The number of aliphatic hydroxyl groups is 1. The largest absolute Gasteiger partial charge is 0.395 e. The Hall–Kier alpha value is -0.0800. The first-order chi connectivity index (χ1) is 3.90. The van der Waals surface area contributed by atoms with E-state index in [0.29, 0.717) is 12.6 Å². The fourth-order valence-corrected chi connectivity index (χ4v) is 1.58. The first-order valence-electron chi connectivity index (χ1n) is 3.27. The molecule has 1 saturated carbocycles. The van der Waals surface area contributed by atoms with Crippen LogP contribution in [0.3, 0.4) is 0 Å². The third-order valence-corrected chi connectivity index (χ3v) is 2.18. The molecule has 0 radical (unpaired) electrons. The fraction of sp³-hybridized carbons (Fsp3) is 1.00. The Morgan fingerprint density at radius 2 is 2.38 bits per heavy atom. The van der Waals surface area contributed by atoms with E-state index in [-0.39, 0.29) is 0 Å². The molecule has 8 heavy (non-hydrogen) atoms. The Labute approximate surface area is 48.9 Å². The number of nitrogens with one attached hydrogen (secondary N) is 1. The van der Waals surface area contributed by atoms with E-state index in [1.165, 1.54) is 12.8 Å². The predicted octanol–water partition coefficient (Wildman–Crippen LogP) is -0.271. The molecule has 2 aliphatic rings. The average molecular weight is 113 g/mol. The normalized spacial score (nSPS) is 51.4. The molecule has 1 aliphatic carbocycles. The number of aliphatic hydroxyl groups excluding tert-OH is 1. The lowest BCUT2D eigenvalue weighted by atomic mass is 10.2. The second-order valence-corrected chi connectivity index (χ2v) is 2.88. The zero-order valence-corrected chi connectivity index (χ0v) is 4.80. The van der Waals surface area contributed by atoms with Crippen LogP contribution in [0.4, 0.5) is 0 Å². The van der Waals surface area contributed by atoms with Crippen molar-refractivity contribution in [2.45, 2.75) is 24.9 Å². The molecule has 0 amide bonds. The molecule has 2 heteroatoms. The Morgan fingerprint density at radius 3 is 2.75 bits per heavy atom. The van der Waals surface area contributed by atoms with Crippen LogP contribution >= 0.6 is 0 Å². The van der Waals surface area contributed by atoms with Gasteiger partial charge in [0.2, 0.25) is 0 Å². The van der Waals surface area contributed by atoms with E-state index in [1.54, 1.807) is 0 Å². The van der Waals surface area contributed by atoms with Crippen molar-refractivity contribution in [3.8, 4) is 0 Å². The molecular formula is C6H11NO. The fourth-order valence-electron chi connectivity index (χ4n) is 1.58. The Balaban J connectivity index is 1.89. The first kappa shape index (κ1) is 4.77. The number of piperidine rings is 1. The maximum Gasteiger partial charge on any atom is 0.0584 e. The molecular weight excluding hydrogens is 102 g/mol. The lowest BCUT2D eigenvalue weighted by molar-refractivity contribution is 0.246. The van der Waals surface area contributed by atoms with Crippen molar-refractivity contribution in [1.29, 1.82) is 0 Å². The standard InChI is InChI=1S/C6H11NO/c8-3-5-1-4-2-6(4)7-5/h4-8H,1-3H2/t4?,5-,6?/m1/s1. The van der Waals surface area contributed by atoms with E-state index in [4.69, 9.17) is 5.11 Å². The summed E-state index contributed by atoms with van der Waals surface area (Å²) in [5, 5.41) is 12.0. The highest BCUT2D eigenvalue weighted by Crippen LogP contribution is 2.40. The van der Waals surface area contributed by atoms with Crippen LogP contribution < -0.4 is 5.32 Å². The smallest absolute Gasteiger partial charge is 0.0584 e. The van der Waals surface area contributed by atoms with Gasteiger partial charge in [0, 0.05) is 12.1 Å². The Bertz CT molecular complexity index is 94.7. The van der Waals surface area contributed by atoms with Crippen LogP contribution in [0.1, 0.15) is 12.8 Å². The lowest BCUT2D eigenvalue weighted by Crippen LogP contribution is -2.28. The molecule has 1 aliphatic heterocycles. The molecule has 3 atom stereocenters. The second-order valence-electron chi connectivity index (χ2n) is 2.88. The molecule has 2 rings (SSSR count). The Kier molecular flexibility index (Phi) is 0.866. The number of rotatable bonds is 1. The van der Waals surface area contributed by atoms with Gasteiger partial charge in [-0.15, -0.1) is 0 Å². The molecule has 2 nitrogen and oxygen atoms in total. The topological polar surface area (TPSA) is 32.3 Å². The number of hydrogen-bond acceptors (Lipinski definition) is 2.